The molecule has 2 heterocycles. The Hall–Kier alpha value is -2.34. The second-order valence-corrected chi connectivity index (χ2v) is 6.43. The summed E-state index contributed by atoms with van der Waals surface area (Å²) in [6.45, 7) is 5.62. The molecule has 23 heavy (non-hydrogen) atoms. The highest BCUT2D eigenvalue weighted by Crippen LogP contribution is 2.26. The molecule has 0 aliphatic heterocycles. The van der Waals surface area contributed by atoms with Gasteiger partial charge in [-0.25, -0.2) is 4.98 Å². The minimum absolute atomic E-state index is 0.0437. The maximum atomic E-state index is 12.7. The lowest BCUT2D eigenvalue weighted by Gasteiger charge is -2.09. The van der Waals surface area contributed by atoms with E-state index in [1.807, 2.05) is 32.2 Å². The Kier molecular flexibility index (Phi) is 3.85. The highest BCUT2D eigenvalue weighted by Gasteiger charge is 2.19. The number of benzene rings is 1. The van der Waals surface area contributed by atoms with Gasteiger partial charge in [0, 0.05) is 6.20 Å². The minimum atomic E-state index is -0.313. The highest BCUT2D eigenvalue weighted by molar-refractivity contribution is 9.10. The quantitative estimate of drug-likeness (QED) is 0.667. The Labute approximate surface area is 142 Å². The third-order valence-corrected chi connectivity index (χ3v) is 4.19. The van der Waals surface area contributed by atoms with Gasteiger partial charge in [0.1, 0.15) is 11.4 Å². The van der Waals surface area contributed by atoms with Gasteiger partial charge in [0.2, 0.25) is 0 Å². The lowest BCUT2D eigenvalue weighted by molar-refractivity contribution is 0.102. The lowest BCUT2D eigenvalue weighted by Crippen LogP contribution is -2.16. The van der Waals surface area contributed by atoms with Crippen LogP contribution in [0.1, 0.15) is 27.3 Å². The van der Waals surface area contributed by atoms with Gasteiger partial charge in [0.15, 0.2) is 5.65 Å². The first-order valence-corrected chi connectivity index (χ1v) is 7.92. The zero-order valence-electron chi connectivity index (χ0n) is 13.0. The van der Waals surface area contributed by atoms with Crippen LogP contribution in [0.15, 0.2) is 34.9 Å². The minimum Gasteiger partial charge on any atom is -0.506 e. The van der Waals surface area contributed by atoms with E-state index in [0.29, 0.717) is 22.7 Å². The van der Waals surface area contributed by atoms with Gasteiger partial charge in [0.25, 0.3) is 5.91 Å². The number of carbonyl (C=O) groups excluding carboxylic acids is 1. The molecule has 1 amide bonds. The molecule has 0 radical (unpaired) electrons. The fourth-order valence-electron chi connectivity index (χ4n) is 2.55. The van der Waals surface area contributed by atoms with Crippen LogP contribution in [0.2, 0.25) is 0 Å². The van der Waals surface area contributed by atoms with Crippen LogP contribution in [0, 0.1) is 20.8 Å². The SMILES string of the molecule is Cc1ccc(NC(=O)c2c(C)nc3c(Br)cc(C)cn23)c(O)c1. The highest BCUT2D eigenvalue weighted by atomic mass is 79.9. The summed E-state index contributed by atoms with van der Waals surface area (Å²) in [6, 6.07) is 7.08. The van der Waals surface area contributed by atoms with E-state index in [0.717, 1.165) is 15.6 Å². The van der Waals surface area contributed by atoms with Gasteiger partial charge in [0.05, 0.1) is 15.9 Å². The fourth-order valence-corrected chi connectivity index (χ4v) is 3.19. The molecule has 118 valence electrons. The molecule has 3 rings (SSSR count). The number of rotatable bonds is 2. The zero-order chi connectivity index (χ0) is 16.7. The van der Waals surface area contributed by atoms with Crippen molar-refractivity contribution < 1.29 is 9.90 Å². The van der Waals surface area contributed by atoms with E-state index in [-0.39, 0.29) is 11.7 Å². The number of nitrogens with one attached hydrogen (secondary N) is 1. The average Bonchev–Trinajstić information content (AvgIpc) is 2.78. The van der Waals surface area contributed by atoms with Crippen molar-refractivity contribution >= 4 is 33.2 Å². The van der Waals surface area contributed by atoms with Crippen molar-refractivity contribution in [3.05, 3.63) is 57.4 Å². The van der Waals surface area contributed by atoms with Crippen molar-refractivity contribution in [1.82, 2.24) is 9.38 Å². The number of pyridine rings is 1. The second kappa shape index (κ2) is 5.70. The molecular formula is C17H16BrN3O2. The molecule has 0 aliphatic carbocycles. The van der Waals surface area contributed by atoms with Gasteiger partial charge in [-0.2, -0.15) is 0 Å². The monoisotopic (exact) mass is 373 g/mol. The molecule has 3 aromatic rings. The Bertz CT molecular complexity index is 931. The van der Waals surface area contributed by atoms with E-state index >= 15 is 0 Å². The predicted molar refractivity (Wildman–Crippen MR) is 93.2 cm³/mol. The van der Waals surface area contributed by atoms with Crippen molar-refractivity contribution in [2.75, 3.05) is 5.32 Å². The Balaban J connectivity index is 2.06. The number of phenolic OH excluding ortho intramolecular Hbond substituents is 1. The first kappa shape index (κ1) is 15.6. The largest absolute Gasteiger partial charge is 0.506 e. The molecule has 0 bridgehead atoms. The molecule has 6 heteroatoms. The summed E-state index contributed by atoms with van der Waals surface area (Å²) in [5, 5.41) is 12.7. The number of fused-ring (bicyclic) bond motifs is 1. The molecule has 0 spiro atoms. The molecule has 0 fully saturated rings. The molecular weight excluding hydrogens is 358 g/mol. The predicted octanol–water partition coefficient (Wildman–Crippen LogP) is 3.98. The topological polar surface area (TPSA) is 66.6 Å². The van der Waals surface area contributed by atoms with Gasteiger partial charge in [-0.05, 0) is 66.0 Å². The van der Waals surface area contributed by atoms with Crippen LogP contribution >= 0.6 is 15.9 Å². The Morgan fingerprint density at radius 2 is 1.96 bits per heavy atom. The van der Waals surface area contributed by atoms with Crippen LogP contribution in [0.4, 0.5) is 5.69 Å². The number of aromatic nitrogens is 2. The van der Waals surface area contributed by atoms with Crippen LogP contribution in [0.3, 0.4) is 0 Å². The summed E-state index contributed by atoms with van der Waals surface area (Å²) in [5.41, 5.74) is 4.07. The average molecular weight is 374 g/mol. The Morgan fingerprint density at radius 3 is 2.65 bits per heavy atom. The van der Waals surface area contributed by atoms with Crippen LogP contribution in [-0.2, 0) is 0 Å². The third-order valence-electron chi connectivity index (χ3n) is 3.60. The number of hydrogen-bond acceptors (Lipinski definition) is 3. The summed E-state index contributed by atoms with van der Waals surface area (Å²) in [5.74, 6) is -0.270. The standard InChI is InChI=1S/C17H16BrN3O2/c1-9-4-5-13(14(22)7-9)20-17(23)15-11(3)19-16-12(18)6-10(2)8-21(15)16/h4-8,22H,1-3H3,(H,20,23). The van der Waals surface area contributed by atoms with Crippen LogP contribution in [-0.4, -0.2) is 20.4 Å². The van der Waals surface area contributed by atoms with E-state index in [9.17, 15) is 9.90 Å². The molecule has 0 unspecified atom stereocenters. The van der Waals surface area contributed by atoms with Gasteiger partial charge in [-0.15, -0.1) is 0 Å². The summed E-state index contributed by atoms with van der Waals surface area (Å²) in [7, 11) is 0. The zero-order valence-corrected chi connectivity index (χ0v) is 14.6. The first-order chi connectivity index (χ1) is 10.9. The number of halogens is 1. The van der Waals surface area contributed by atoms with Crippen molar-refractivity contribution in [3.8, 4) is 5.75 Å². The molecule has 2 N–H and O–H groups in total. The number of nitrogens with zero attached hydrogens (tertiary/aromatic N) is 2. The third kappa shape index (κ3) is 2.82. The number of amides is 1. The fraction of sp³-hybridized carbons (Fsp3) is 0.176. The molecule has 0 saturated heterocycles. The molecule has 0 aliphatic rings. The van der Waals surface area contributed by atoms with E-state index in [1.165, 1.54) is 0 Å². The number of aromatic hydroxyl groups is 1. The van der Waals surface area contributed by atoms with E-state index in [4.69, 9.17) is 0 Å². The molecule has 0 atom stereocenters. The van der Waals surface area contributed by atoms with Crippen LogP contribution < -0.4 is 5.32 Å². The van der Waals surface area contributed by atoms with E-state index in [2.05, 4.69) is 26.2 Å². The van der Waals surface area contributed by atoms with Crippen molar-refractivity contribution in [2.45, 2.75) is 20.8 Å². The summed E-state index contributed by atoms with van der Waals surface area (Å²) < 4.78 is 2.59. The first-order valence-electron chi connectivity index (χ1n) is 7.12. The summed E-state index contributed by atoms with van der Waals surface area (Å²) >= 11 is 3.48. The van der Waals surface area contributed by atoms with Gasteiger partial charge >= 0.3 is 0 Å². The molecule has 5 nitrogen and oxygen atoms in total. The van der Waals surface area contributed by atoms with Crippen molar-refractivity contribution in [1.29, 1.82) is 0 Å². The van der Waals surface area contributed by atoms with Crippen LogP contribution in [0.25, 0.3) is 5.65 Å². The van der Waals surface area contributed by atoms with Gasteiger partial charge in [-0.3, -0.25) is 9.20 Å². The number of carbonyl (C=O) groups is 1. The summed E-state index contributed by atoms with van der Waals surface area (Å²) in [4.78, 5) is 17.1. The van der Waals surface area contributed by atoms with E-state index < -0.39 is 0 Å². The number of anilines is 1. The Morgan fingerprint density at radius 1 is 1.22 bits per heavy atom. The van der Waals surface area contributed by atoms with E-state index in [1.54, 1.807) is 23.5 Å². The smallest absolute Gasteiger partial charge is 0.274 e. The molecule has 0 saturated carbocycles. The number of aryl methyl sites for hydroxylation is 3. The second-order valence-electron chi connectivity index (χ2n) is 5.58. The van der Waals surface area contributed by atoms with Crippen molar-refractivity contribution in [3.63, 3.8) is 0 Å². The van der Waals surface area contributed by atoms with Gasteiger partial charge in [-0.1, -0.05) is 6.07 Å². The normalized spacial score (nSPS) is 11.0. The molecule has 1 aromatic carbocycles. The maximum absolute atomic E-state index is 12.7. The van der Waals surface area contributed by atoms with Crippen LogP contribution in [0.5, 0.6) is 5.75 Å². The van der Waals surface area contributed by atoms with Gasteiger partial charge < -0.3 is 10.4 Å². The molecule has 2 aromatic heterocycles. The number of phenols is 1. The van der Waals surface area contributed by atoms with Crippen molar-refractivity contribution in [2.24, 2.45) is 0 Å². The lowest BCUT2D eigenvalue weighted by atomic mass is 10.2. The maximum Gasteiger partial charge on any atom is 0.274 e. The number of imidazole rings is 1. The summed E-state index contributed by atoms with van der Waals surface area (Å²) in [6.07, 6.45) is 1.87. The number of hydrogen-bond donors (Lipinski definition) is 2.